The zero-order chi connectivity index (χ0) is 15.8. The average molecular weight is 332 g/mol. The Morgan fingerprint density at radius 1 is 1.30 bits per heavy atom. The summed E-state index contributed by atoms with van der Waals surface area (Å²) in [5, 5.41) is 4.68. The summed E-state index contributed by atoms with van der Waals surface area (Å²) in [4.78, 5) is 7.28. The highest BCUT2D eigenvalue weighted by Gasteiger charge is 2.29. The molecule has 2 aromatic heterocycles. The van der Waals surface area contributed by atoms with E-state index in [-0.39, 0.29) is 0 Å². The number of aryl methyl sites for hydroxylation is 1. The summed E-state index contributed by atoms with van der Waals surface area (Å²) in [5.74, 6) is 2.27. The zero-order valence-electron chi connectivity index (χ0n) is 13.5. The zero-order valence-corrected chi connectivity index (χ0v) is 14.4. The lowest BCUT2D eigenvalue weighted by Gasteiger charge is -2.27. The number of aromatic amines is 1. The number of nitrogens with zero attached hydrogens (tertiary/aromatic N) is 4. The van der Waals surface area contributed by atoms with Crippen LogP contribution in [0.1, 0.15) is 24.7 Å². The maximum absolute atomic E-state index is 5.63. The van der Waals surface area contributed by atoms with Crippen LogP contribution in [0, 0.1) is 11.7 Å². The standard InChI is InChI=1S/C16H22N6S/c1-13-18-21(16(23)22(13)14-5-6-14)12-19-8-10-20(11-9-19)15-4-2-3-7-17-15/h2-4,7,14H,5-6,8-12H2,1H3/p+2. The molecule has 1 aliphatic carbocycles. The Labute approximate surface area is 141 Å². The van der Waals surface area contributed by atoms with Gasteiger partial charge in [0.25, 0.3) is 5.82 Å². The van der Waals surface area contributed by atoms with Crippen molar-refractivity contribution in [3.63, 3.8) is 0 Å². The van der Waals surface area contributed by atoms with Crippen molar-refractivity contribution >= 4 is 18.0 Å². The number of quaternary nitrogens is 1. The van der Waals surface area contributed by atoms with E-state index in [0.29, 0.717) is 6.04 Å². The summed E-state index contributed by atoms with van der Waals surface area (Å²) in [6.45, 7) is 7.30. The van der Waals surface area contributed by atoms with Crippen LogP contribution < -0.4 is 14.8 Å². The SMILES string of the molecule is Cc1nn(C[NH+]2CCN(c3cccc[nH+]3)CC2)c(=S)n1C1CC1. The van der Waals surface area contributed by atoms with Crippen LogP contribution >= 0.6 is 12.2 Å². The molecule has 1 saturated carbocycles. The molecule has 1 saturated heterocycles. The molecule has 1 aliphatic heterocycles. The molecule has 3 heterocycles. The Hall–Kier alpha value is -1.73. The van der Waals surface area contributed by atoms with Gasteiger partial charge in [0.2, 0.25) is 4.77 Å². The lowest BCUT2D eigenvalue weighted by atomic mass is 10.3. The van der Waals surface area contributed by atoms with Crippen LogP contribution in [0.3, 0.4) is 0 Å². The predicted octanol–water partition coefficient (Wildman–Crippen LogP) is 0.234. The quantitative estimate of drug-likeness (QED) is 0.816. The Morgan fingerprint density at radius 3 is 2.74 bits per heavy atom. The highest BCUT2D eigenvalue weighted by molar-refractivity contribution is 7.71. The van der Waals surface area contributed by atoms with E-state index in [2.05, 4.69) is 38.6 Å². The number of H-pyrrole nitrogens is 1. The van der Waals surface area contributed by atoms with E-state index in [4.69, 9.17) is 12.2 Å². The number of piperazine rings is 1. The van der Waals surface area contributed by atoms with Gasteiger partial charge in [0.15, 0.2) is 6.67 Å². The summed E-state index contributed by atoms with van der Waals surface area (Å²) in [6.07, 6.45) is 4.49. The largest absolute Gasteiger partial charge is 0.310 e. The van der Waals surface area contributed by atoms with Crippen molar-refractivity contribution in [1.29, 1.82) is 0 Å². The van der Waals surface area contributed by atoms with Crippen LogP contribution in [-0.4, -0.2) is 40.5 Å². The second-order valence-electron chi connectivity index (χ2n) is 6.57. The van der Waals surface area contributed by atoms with Gasteiger partial charge < -0.3 is 9.47 Å². The van der Waals surface area contributed by atoms with Gasteiger partial charge in [0.05, 0.1) is 6.20 Å². The van der Waals surface area contributed by atoms with E-state index >= 15 is 0 Å². The number of hydrogen-bond donors (Lipinski definition) is 1. The number of nitrogens with one attached hydrogen (secondary N) is 2. The molecular weight excluding hydrogens is 308 g/mol. The minimum atomic E-state index is 0.608. The van der Waals surface area contributed by atoms with Gasteiger partial charge >= 0.3 is 0 Å². The second kappa shape index (κ2) is 6.05. The highest BCUT2D eigenvalue weighted by atomic mass is 32.1. The monoisotopic (exact) mass is 332 g/mol. The molecule has 6 nitrogen and oxygen atoms in total. The molecule has 7 heteroatoms. The molecule has 0 radical (unpaired) electrons. The molecule has 2 aromatic rings. The molecule has 0 bridgehead atoms. The van der Waals surface area contributed by atoms with Gasteiger partial charge in [0, 0.05) is 12.1 Å². The number of aromatic nitrogens is 4. The molecule has 23 heavy (non-hydrogen) atoms. The topological polar surface area (TPSA) is 44.6 Å². The molecule has 2 fully saturated rings. The van der Waals surface area contributed by atoms with Crippen molar-refractivity contribution < 1.29 is 9.88 Å². The summed E-state index contributed by atoms with van der Waals surface area (Å²) >= 11 is 5.63. The van der Waals surface area contributed by atoms with Gasteiger partial charge in [-0.05, 0) is 38.0 Å². The first-order chi connectivity index (χ1) is 11.2. The number of anilines is 1. The molecule has 0 aromatic carbocycles. The van der Waals surface area contributed by atoms with Crippen LogP contribution in [0.25, 0.3) is 0 Å². The summed E-state index contributed by atoms with van der Waals surface area (Å²) in [5.41, 5.74) is 0. The van der Waals surface area contributed by atoms with Gasteiger partial charge in [-0.1, -0.05) is 6.07 Å². The van der Waals surface area contributed by atoms with E-state index in [1.54, 1.807) is 4.90 Å². The number of hydrogen-bond acceptors (Lipinski definition) is 3. The third-order valence-corrected chi connectivity index (χ3v) is 5.24. The van der Waals surface area contributed by atoms with Crippen molar-refractivity contribution in [3.8, 4) is 0 Å². The van der Waals surface area contributed by atoms with Crippen molar-refractivity contribution in [1.82, 2.24) is 14.3 Å². The van der Waals surface area contributed by atoms with Crippen molar-refractivity contribution in [3.05, 3.63) is 35.0 Å². The van der Waals surface area contributed by atoms with Crippen molar-refractivity contribution in [2.24, 2.45) is 0 Å². The van der Waals surface area contributed by atoms with E-state index in [1.165, 1.54) is 18.7 Å². The normalized spacial score (nSPS) is 19.3. The summed E-state index contributed by atoms with van der Waals surface area (Å²) in [6, 6.07) is 6.85. The average Bonchev–Trinajstić information content (AvgIpc) is 3.36. The van der Waals surface area contributed by atoms with E-state index < -0.39 is 0 Å². The number of pyridine rings is 1. The minimum Gasteiger partial charge on any atom is -0.310 e. The fourth-order valence-electron chi connectivity index (χ4n) is 3.40. The van der Waals surface area contributed by atoms with Crippen LogP contribution in [-0.2, 0) is 6.67 Å². The lowest BCUT2D eigenvalue weighted by molar-refractivity contribution is -0.924. The predicted molar refractivity (Wildman–Crippen MR) is 90.0 cm³/mol. The third-order valence-electron chi connectivity index (χ3n) is 4.83. The van der Waals surface area contributed by atoms with Crippen LogP contribution in [0.4, 0.5) is 5.82 Å². The Kier molecular flexibility index (Phi) is 3.90. The molecule has 0 unspecified atom stereocenters. The Bertz CT molecular complexity index is 725. The molecular formula is C16H24N6S+2. The first kappa shape index (κ1) is 14.8. The fourth-order valence-corrected chi connectivity index (χ4v) is 3.79. The molecule has 122 valence electrons. The molecule has 0 atom stereocenters. The smallest absolute Gasteiger partial charge is 0.274 e. The highest BCUT2D eigenvalue weighted by Crippen LogP contribution is 2.35. The van der Waals surface area contributed by atoms with Crippen molar-refractivity contribution in [2.75, 3.05) is 31.1 Å². The molecule has 2 aliphatic rings. The summed E-state index contributed by atoms with van der Waals surface area (Å²) in [7, 11) is 0. The third kappa shape index (κ3) is 3.03. The fraction of sp³-hybridized carbons (Fsp3) is 0.562. The molecule has 4 rings (SSSR count). The summed E-state index contributed by atoms with van der Waals surface area (Å²) < 4.78 is 5.17. The molecule has 2 N–H and O–H groups in total. The number of rotatable bonds is 4. The van der Waals surface area contributed by atoms with Gasteiger partial charge in [-0.25, -0.2) is 4.98 Å². The van der Waals surface area contributed by atoms with Gasteiger partial charge in [-0.3, -0.25) is 4.90 Å². The van der Waals surface area contributed by atoms with Crippen LogP contribution in [0.5, 0.6) is 0 Å². The minimum absolute atomic E-state index is 0.608. The maximum atomic E-state index is 5.63. The van der Waals surface area contributed by atoms with E-state index in [0.717, 1.165) is 43.4 Å². The van der Waals surface area contributed by atoms with Crippen molar-refractivity contribution in [2.45, 2.75) is 32.5 Å². The van der Waals surface area contributed by atoms with E-state index in [1.807, 2.05) is 16.9 Å². The first-order valence-electron chi connectivity index (χ1n) is 8.43. The Balaban J connectivity index is 1.40. The maximum Gasteiger partial charge on any atom is 0.274 e. The van der Waals surface area contributed by atoms with Crippen LogP contribution in [0.2, 0.25) is 0 Å². The lowest BCUT2D eigenvalue weighted by Crippen LogP contribution is -3.14. The molecule has 0 spiro atoms. The first-order valence-corrected chi connectivity index (χ1v) is 8.84. The second-order valence-corrected chi connectivity index (χ2v) is 6.94. The van der Waals surface area contributed by atoms with Gasteiger partial charge in [0.1, 0.15) is 32.0 Å². The molecule has 0 amide bonds. The Morgan fingerprint density at radius 2 is 2.09 bits per heavy atom. The van der Waals surface area contributed by atoms with Gasteiger partial charge in [-0.2, -0.15) is 9.78 Å². The van der Waals surface area contributed by atoms with Crippen LogP contribution in [0.15, 0.2) is 24.4 Å². The van der Waals surface area contributed by atoms with Gasteiger partial charge in [-0.15, -0.1) is 0 Å². The van der Waals surface area contributed by atoms with E-state index in [9.17, 15) is 0 Å².